The molecule has 0 saturated carbocycles. The van der Waals surface area contributed by atoms with E-state index in [0.717, 1.165) is 21.9 Å². The lowest BCUT2D eigenvalue weighted by Gasteiger charge is -2.18. The molecule has 1 heteroatoms. The summed E-state index contributed by atoms with van der Waals surface area (Å²) in [4.78, 5) is 0. The van der Waals surface area contributed by atoms with Crippen molar-refractivity contribution in [3.05, 3.63) is 169 Å². The van der Waals surface area contributed by atoms with Gasteiger partial charge in [0, 0.05) is 16.3 Å². The molecule has 45 heavy (non-hydrogen) atoms. The van der Waals surface area contributed by atoms with Gasteiger partial charge in [0.2, 0.25) is 0 Å². The molecule has 0 spiro atoms. The maximum absolute atomic E-state index is 9.46. The summed E-state index contributed by atoms with van der Waals surface area (Å²) in [6.07, 6.45) is 0. The molecule has 0 aliphatic heterocycles. The molecule has 210 valence electrons. The SMILES string of the molecule is [2H]c1c([2H])c([2H])c(-c2c3c([2H])c([2H])c([2H])c([2H])c3c(-c3c([2H])c([2H])c(-c4ccc5c(c4)oc4c(-c6ccccc6)cccc45)c([2H])c3[2H])c3c([2H])c([2H])c([2H])c([2H])c23)c([2H])c1[2H]. The van der Waals surface area contributed by atoms with E-state index >= 15 is 0 Å². The van der Waals surface area contributed by atoms with Gasteiger partial charge >= 0.3 is 0 Å². The molecule has 1 heterocycles. The topological polar surface area (TPSA) is 13.1 Å². The Morgan fingerprint density at radius 1 is 0.378 bits per heavy atom. The Hall–Kier alpha value is -5.92. The van der Waals surface area contributed by atoms with Crippen LogP contribution in [0.15, 0.2) is 174 Å². The van der Waals surface area contributed by atoms with Gasteiger partial charge in [-0.25, -0.2) is 0 Å². The second-order valence-corrected chi connectivity index (χ2v) is 10.4. The number of hydrogen-bond acceptors (Lipinski definition) is 1. The lowest BCUT2D eigenvalue weighted by molar-refractivity contribution is 0.670. The molecule has 0 atom stereocenters. The third-order valence-electron chi connectivity index (χ3n) is 7.87. The second-order valence-electron chi connectivity index (χ2n) is 10.4. The summed E-state index contributed by atoms with van der Waals surface area (Å²) in [6, 6.07) is 7.16. The maximum atomic E-state index is 9.46. The van der Waals surface area contributed by atoms with Crippen molar-refractivity contribution in [1.29, 1.82) is 0 Å². The fourth-order valence-electron chi connectivity index (χ4n) is 5.88. The first kappa shape index (κ1) is 13.8. The molecular weight excluding hydrogens is 544 g/mol. The van der Waals surface area contributed by atoms with Crippen molar-refractivity contribution in [2.24, 2.45) is 0 Å². The Morgan fingerprint density at radius 3 is 1.60 bits per heavy atom. The van der Waals surface area contributed by atoms with Gasteiger partial charge < -0.3 is 4.42 Å². The van der Waals surface area contributed by atoms with Gasteiger partial charge in [0.15, 0.2) is 0 Å². The zero-order chi connectivity index (χ0) is 44.5. The Balaban J connectivity index is 1.42. The van der Waals surface area contributed by atoms with Crippen LogP contribution in [-0.4, -0.2) is 0 Å². The van der Waals surface area contributed by atoms with Crippen LogP contribution in [0.2, 0.25) is 0 Å². The van der Waals surface area contributed by atoms with Crippen LogP contribution >= 0.6 is 0 Å². The number of para-hydroxylation sites is 1. The minimum Gasteiger partial charge on any atom is -0.455 e. The highest BCUT2D eigenvalue weighted by molar-refractivity contribution is 6.21. The van der Waals surface area contributed by atoms with Crippen LogP contribution in [-0.2, 0) is 0 Å². The standard InChI is InChI=1S/C44H28O/c1-3-12-30(13-4-1)34-20-11-21-40-35-27-26-33(28-41(35)45-44(34)40)29-22-24-32(25-23-29)43-38-18-9-7-16-36(38)42(31-14-5-2-6-15-31)37-17-8-10-19-39(37)43/h1-28H/i2D,5D,6D,7D,8D,9D,10D,14D,15D,16D,17D,18D,19D,22D,23D,24D,25D. The highest BCUT2D eigenvalue weighted by Crippen LogP contribution is 2.44. The zero-order valence-electron chi connectivity index (χ0n) is 40.3. The smallest absolute Gasteiger partial charge is 0.143 e. The van der Waals surface area contributed by atoms with Gasteiger partial charge in [0.1, 0.15) is 11.2 Å². The number of rotatable bonds is 4. The first-order chi connectivity index (χ1) is 29.4. The van der Waals surface area contributed by atoms with Crippen LogP contribution in [0.1, 0.15) is 23.3 Å². The first-order valence-electron chi connectivity index (χ1n) is 22.6. The molecule has 0 bridgehead atoms. The Bertz CT molecular complexity index is 3350. The molecule has 0 saturated heterocycles. The summed E-state index contributed by atoms with van der Waals surface area (Å²) in [5.41, 5.74) is 0.670. The quantitative estimate of drug-likeness (QED) is 0.186. The second kappa shape index (κ2) is 10.4. The van der Waals surface area contributed by atoms with Crippen LogP contribution in [0.25, 0.3) is 88.0 Å². The molecule has 1 nitrogen and oxygen atoms in total. The van der Waals surface area contributed by atoms with Crippen LogP contribution in [0, 0.1) is 0 Å². The number of benzene rings is 8. The molecular formula is C44H28O. The third kappa shape index (κ3) is 4.17. The fraction of sp³-hybridized carbons (Fsp3) is 0. The Morgan fingerprint density at radius 2 is 0.956 bits per heavy atom. The van der Waals surface area contributed by atoms with E-state index in [4.69, 9.17) is 19.5 Å². The van der Waals surface area contributed by atoms with E-state index in [0.29, 0.717) is 11.2 Å². The number of hydrogen-bond donors (Lipinski definition) is 0. The van der Waals surface area contributed by atoms with E-state index < -0.39 is 147 Å². The van der Waals surface area contributed by atoms with Gasteiger partial charge in [-0.15, -0.1) is 0 Å². The highest BCUT2D eigenvalue weighted by atomic mass is 16.3. The highest BCUT2D eigenvalue weighted by Gasteiger charge is 2.17. The minimum absolute atomic E-state index is 0.150. The maximum Gasteiger partial charge on any atom is 0.143 e. The average molecular weight is 590 g/mol. The monoisotopic (exact) mass is 589 g/mol. The van der Waals surface area contributed by atoms with Crippen molar-refractivity contribution in [3.8, 4) is 44.5 Å². The van der Waals surface area contributed by atoms with E-state index in [1.807, 2.05) is 48.5 Å². The van der Waals surface area contributed by atoms with Crippen LogP contribution in [0.4, 0.5) is 0 Å². The van der Waals surface area contributed by atoms with Gasteiger partial charge in [0.05, 0.1) is 23.3 Å². The van der Waals surface area contributed by atoms with Gasteiger partial charge in [-0.3, -0.25) is 0 Å². The molecule has 0 amide bonds. The summed E-state index contributed by atoms with van der Waals surface area (Å²) in [7, 11) is 0. The minimum atomic E-state index is -0.825. The zero-order valence-corrected chi connectivity index (χ0v) is 23.3. The first-order valence-corrected chi connectivity index (χ1v) is 14.1. The lowest BCUT2D eigenvalue weighted by Crippen LogP contribution is -1.90. The van der Waals surface area contributed by atoms with Crippen molar-refractivity contribution < 1.29 is 27.7 Å². The predicted octanol–water partition coefficient (Wildman–Crippen LogP) is 12.6. The summed E-state index contributed by atoms with van der Waals surface area (Å²) in [5.74, 6) is 0. The third-order valence-corrected chi connectivity index (χ3v) is 7.87. The molecule has 0 aliphatic carbocycles. The number of furan rings is 1. The summed E-state index contributed by atoms with van der Waals surface area (Å²) in [5, 5.41) is -0.526. The average Bonchev–Trinajstić information content (AvgIpc) is 3.65. The molecule has 1 aromatic heterocycles. The van der Waals surface area contributed by atoms with Crippen molar-refractivity contribution >= 4 is 43.5 Å². The van der Waals surface area contributed by atoms with Crippen molar-refractivity contribution in [3.63, 3.8) is 0 Å². The van der Waals surface area contributed by atoms with Crippen molar-refractivity contribution in [1.82, 2.24) is 0 Å². The molecule has 0 N–H and O–H groups in total. The van der Waals surface area contributed by atoms with E-state index in [1.54, 1.807) is 18.2 Å². The fourth-order valence-corrected chi connectivity index (χ4v) is 5.88. The van der Waals surface area contributed by atoms with Crippen molar-refractivity contribution in [2.75, 3.05) is 0 Å². The van der Waals surface area contributed by atoms with Gasteiger partial charge in [-0.2, -0.15) is 0 Å². The summed E-state index contributed by atoms with van der Waals surface area (Å²) < 4.78 is 158. The molecule has 9 rings (SSSR count). The molecule has 9 aromatic rings. The Labute approximate surface area is 285 Å². The van der Waals surface area contributed by atoms with Gasteiger partial charge in [-0.1, -0.05) is 157 Å². The number of fused-ring (bicyclic) bond motifs is 5. The van der Waals surface area contributed by atoms with Gasteiger partial charge in [-0.05, 0) is 72.6 Å². The molecule has 8 aromatic carbocycles. The summed E-state index contributed by atoms with van der Waals surface area (Å²) in [6.45, 7) is 0. The molecule has 0 fully saturated rings. The van der Waals surface area contributed by atoms with E-state index in [1.165, 1.54) is 0 Å². The lowest BCUT2D eigenvalue weighted by atomic mass is 9.86. The van der Waals surface area contributed by atoms with Crippen LogP contribution in [0.3, 0.4) is 0 Å². The Kier molecular flexibility index (Phi) is 3.18. The predicted molar refractivity (Wildman–Crippen MR) is 190 cm³/mol. The molecule has 0 unspecified atom stereocenters. The largest absolute Gasteiger partial charge is 0.455 e. The van der Waals surface area contributed by atoms with Crippen molar-refractivity contribution in [2.45, 2.75) is 0 Å². The summed E-state index contributed by atoms with van der Waals surface area (Å²) >= 11 is 0. The van der Waals surface area contributed by atoms with Crippen LogP contribution in [0.5, 0.6) is 0 Å². The van der Waals surface area contributed by atoms with E-state index in [-0.39, 0.29) is 11.1 Å². The molecule has 0 radical (unpaired) electrons. The van der Waals surface area contributed by atoms with Crippen LogP contribution < -0.4 is 0 Å². The van der Waals surface area contributed by atoms with E-state index in [9.17, 15) is 8.22 Å². The van der Waals surface area contributed by atoms with E-state index in [2.05, 4.69) is 0 Å². The molecule has 0 aliphatic rings. The normalized spacial score (nSPS) is 16.8. The van der Waals surface area contributed by atoms with Gasteiger partial charge in [0.25, 0.3) is 0 Å².